The second-order valence-electron chi connectivity index (χ2n) is 7.11. The van der Waals surface area contributed by atoms with Gasteiger partial charge in [-0.2, -0.15) is 13.2 Å². The maximum absolute atomic E-state index is 13.1. The van der Waals surface area contributed by atoms with Crippen LogP contribution in [0.2, 0.25) is 0 Å². The van der Waals surface area contributed by atoms with E-state index in [0.717, 1.165) is 23.5 Å². The fraction of sp³-hybridized carbons (Fsp3) is 0.421. The molecule has 0 unspecified atom stereocenters. The first kappa shape index (κ1) is 22.7. The zero-order valence-electron chi connectivity index (χ0n) is 16.2. The Hall–Kier alpha value is -2.62. The van der Waals surface area contributed by atoms with E-state index >= 15 is 0 Å². The molecule has 0 bridgehead atoms. The van der Waals surface area contributed by atoms with Crippen LogP contribution in [0.4, 0.5) is 23.1 Å². The molecule has 0 spiro atoms. The molecular formula is C19H22F3N3O3S. The van der Waals surface area contributed by atoms with Crippen LogP contribution in [-0.4, -0.2) is 35.6 Å². The number of nitrogens with zero attached hydrogens (tertiary/aromatic N) is 1. The minimum Gasteiger partial charge on any atom is -0.444 e. The second-order valence-corrected chi connectivity index (χ2v) is 8.14. The minimum absolute atomic E-state index is 0.107. The molecule has 2 rings (SSSR count). The van der Waals surface area contributed by atoms with Crippen LogP contribution in [0.25, 0.3) is 0 Å². The Labute approximate surface area is 170 Å². The molecule has 0 fully saturated rings. The van der Waals surface area contributed by atoms with E-state index in [2.05, 4.69) is 15.6 Å². The first-order valence-electron chi connectivity index (χ1n) is 8.85. The van der Waals surface area contributed by atoms with Gasteiger partial charge in [0.15, 0.2) is 5.13 Å². The van der Waals surface area contributed by atoms with Crippen LogP contribution >= 0.6 is 11.3 Å². The molecule has 6 nitrogen and oxygen atoms in total. The summed E-state index contributed by atoms with van der Waals surface area (Å²) in [7, 11) is 0. The number of aromatic nitrogens is 1. The lowest BCUT2D eigenvalue weighted by Gasteiger charge is -2.19. The number of alkyl halides is 3. The summed E-state index contributed by atoms with van der Waals surface area (Å²) < 4.78 is 44.4. The van der Waals surface area contributed by atoms with E-state index in [1.54, 1.807) is 20.8 Å². The number of hydrogen-bond acceptors (Lipinski definition) is 6. The molecular weight excluding hydrogens is 407 g/mol. The van der Waals surface area contributed by atoms with Gasteiger partial charge in [-0.15, -0.1) is 0 Å². The summed E-state index contributed by atoms with van der Waals surface area (Å²) in [4.78, 5) is 28.1. The van der Waals surface area contributed by atoms with Gasteiger partial charge in [0.05, 0.1) is 16.6 Å². The maximum atomic E-state index is 13.1. The van der Waals surface area contributed by atoms with Gasteiger partial charge in [0.2, 0.25) is 5.78 Å². The summed E-state index contributed by atoms with van der Waals surface area (Å²) >= 11 is 0.976. The summed E-state index contributed by atoms with van der Waals surface area (Å²) in [6, 6.07) is 4.66. The molecule has 0 saturated heterocycles. The Morgan fingerprint density at radius 3 is 2.48 bits per heavy atom. The fourth-order valence-electron chi connectivity index (χ4n) is 2.31. The molecule has 10 heteroatoms. The molecule has 1 heterocycles. The Bertz CT molecular complexity index is 860. The molecule has 0 aliphatic carbocycles. The zero-order chi connectivity index (χ0) is 21.7. The van der Waals surface area contributed by atoms with Crippen LogP contribution < -0.4 is 10.6 Å². The quantitative estimate of drug-likeness (QED) is 0.492. The van der Waals surface area contributed by atoms with Gasteiger partial charge in [0, 0.05) is 18.7 Å². The van der Waals surface area contributed by atoms with E-state index in [1.165, 1.54) is 18.3 Å². The van der Waals surface area contributed by atoms with Gasteiger partial charge in [-0.05, 0) is 33.3 Å². The molecule has 1 aromatic carbocycles. The summed E-state index contributed by atoms with van der Waals surface area (Å²) in [5.74, 6) is -0.727. The van der Waals surface area contributed by atoms with Gasteiger partial charge in [-0.3, -0.25) is 4.79 Å². The first-order chi connectivity index (χ1) is 13.5. The van der Waals surface area contributed by atoms with Crippen molar-refractivity contribution in [3.63, 3.8) is 0 Å². The van der Waals surface area contributed by atoms with Crippen molar-refractivity contribution in [2.24, 2.45) is 0 Å². The Morgan fingerprint density at radius 2 is 1.83 bits per heavy atom. The van der Waals surface area contributed by atoms with Gasteiger partial charge in [-0.25, -0.2) is 9.78 Å². The van der Waals surface area contributed by atoms with Crippen molar-refractivity contribution in [2.75, 3.05) is 18.4 Å². The van der Waals surface area contributed by atoms with Crippen molar-refractivity contribution in [1.82, 2.24) is 10.3 Å². The summed E-state index contributed by atoms with van der Waals surface area (Å²) in [6.45, 7) is 6.13. The molecule has 29 heavy (non-hydrogen) atoms. The fourth-order valence-corrected chi connectivity index (χ4v) is 3.11. The Kier molecular flexibility index (Phi) is 7.23. The zero-order valence-corrected chi connectivity index (χ0v) is 17.0. The normalized spacial score (nSPS) is 11.8. The Balaban J connectivity index is 1.87. The minimum atomic E-state index is -4.61. The van der Waals surface area contributed by atoms with Crippen LogP contribution in [0.15, 0.2) is 30.5 Å². The molecule has 158 valence electrons. The third kappa shape index (κ3) is 7.04. The molecule has 1 amide bonds. The standard InChI is InChI=1S/C19H22F3N3O3S/c1-18(2,3)28-17(27)24-10-6-9-23-16-25-11-14(29-16)15(26)12-7-4-5-8-13(12)19(20,21)22/h4-5,7-8,11H,6,9-10H2,1-3H3,(H,23,25)(H,24,27). The van der Waals surface area contributed by atoms with Gasteiger partial charge in [0.1, 0.15) is 5.60 Å². The third-order valence-corrected chi connectivity index (χ3v) is 4.46. The van der Waals surface area contributed by atoms with Crippen molar-refractivity contribution < 1.29 is 27.5 Å². The molecule has 0 aliphatic heterocycles. The van der Waals surface area contributed by atoms with Crippen molar-refractivity contribution in [1.29, 1.82) is 0 Å². The highest BCUT2D eigenvalue weighted by Crippen LogP contribution is 2.33. The SMILES string of the molecule is CC(C)(C)OC(=O)NCCCNc1ncc(C(=O)c2ccccc2C(F)(F)F)s1. The van der Waals surface area contributed by atoms with Crippen molar-refractivity contribution >= 4 is 28.3 Å². The number of alkyl carbamates (subject to hydrolysis) is 1. The molecule has 0 radical (unpaired) electrons. The summed E-state index contributed by atoms with van der Waals surface area (Å²) in [5, 5.41) is 6.00. The van der Waals surface area contributed by atoms with Gasteiger partial charge in [-0.1, -0.05) is 29.5 Å². The largest absolute Gasteiger partial charge is 0.444 e. The van der Waals surface area contributed by atoms with E-state index in [1.807, 2.05) is 0 Å². The van der Waals surface area contributed by atoms with Crippen LogP contribution in [0, 0.1) is 0 Å². The van der Waals surface area contributed by atoms with Crippen LogP contribution in [0.5, 0.6) is 0 Å². The van der Waals surface area contributed by atoms with E-state index in [4.69, 9.17) is 4.74 Å². The molecule has 1 aromatic heterocycles. The number of ether oxygens (including phenoxy) is 1. The summed E-state index contributed by atoms with van der Waals surface area (Å²) in [5.41, 5.74) is -1.95. The lowest BCUT2D eigenvalue weighted by atomic mass is 10.0. The lowest BCUT2D eigenvalue weighted by Crippen LogP contribution is -2.33. The average Bonchev–Trinajstić information content (AvgIpc) is 3.07. The van der Waals surface area contributed by atoms with E-state index < -0.39 is 34.8 Å². The first-order valence-corrected chi connectivity index (χ1v) is 9.66. The number of nitrogens with one attached hydrogen (secondary N) is 2. The van der Waals surface area contributed by atoms with Crippen molar-refractivity contribution in [2.45, 2.75) is 39.0 Å². The monoisotopic (exact) mass is 429 g/mol. The third-order valence-electron chi connectivity index (χ3n) is 3.50. The van der Waals surface area contributed by atoms with Gasteiger partial charge >= 0.3 is 12.3 Å². The number of rotatable bonds is 7. The maximum Gasteiger partial charge on any atom is 0.417 e. The highest BCUT2D eigenvalue weighted by Gasteiger charge is 2.35. The number of thiazole rings is 1. The van der Waals surface area contributed by atoms with Gasteiger partial charge in [0.25, 0.3) is 0 Å². The number of carbonyl (C=O) groups excluding carboxylic acids is 2. The smallest absolute Gasteiger partial charge is 0.417 e. The summed E-state index contributed by atoms with van der Waals surface area (Å²) in [6.07, 6.45) is -3.30. The number of carbonyl (C=O) groups is 2. The Morgan fingerprint density at radius 1 is 1.14 bits per heavy atom. The second kappa shape index (κ2) is 9.25. The van der Waals surface area contributed by atoms with Crippen molar-refractivity contribution in [3.05, 3.63) is 46.5 Å². The van der Waals surface area contributed by atoms with E-state index in [9.17, 15) is 22.8 Å². The number of hydrogen-bond donors (Lipinski definition) is 2. The number of benzene rings is 1. The number of anilines is 1. The van der Waals surface area contributed by atoms with Crippen LogP contribution in [0.1, 0.15) is 48.0 Å². The highest BCUT2D eigenvalue weighted by atomic mass is 32.1. The molecule has 0 atom stereocenters. The van der Waals surface area contributed by atoms with E-state index in [0.29, 0.717) is 24.6 Å². The topological polar surface area (TPSA) is 80.3 Å². The predicted octanol–water partition coefficient (Wildman–Crippen LogP) is 4.72. The molecule has 0 saturated carbocycles. The highest BCUT2D eigenvalue weighted by molar-refractivity contribution is 7.17. The molecule has 2 aromatic rings. The molecule has 2 N–H and O–H groups in total. The van der Waals surface area contributed by atoms with Crippen LogP contribution in [-0.2, 0) is 10.9 Å². The number of amides is 1. The average molecular weight is 429 g/mol. The lowest BCUT2D eigenvalue weighted by molar-refractivity contribution is -0.137. The number of ketones is 1. The predicted molar refractivity (Wildman–Crippen MR) is 104 cm³/mol. The van der Waals surface area contributed by atoms with E-state index in [-0.39, 0.29) is 4.88 Å². The molecule has 0 aliphatic rings. The van der Waals surface area contributed by atoms with Crippen molar-refractivity contribution in [3.8, 4) is 0 Å². The van der Waals surface area contributed by atoms with Crippen LogP contribution in [0.3, 0.4) is 0 Å². The number of halogens is 3. The van der Waals surface area contributed by atoms with Gasteiger partial charge < -0.3 is 15.4 Å².